The molecular weight excluding hydrogens is 335 g/mol. The Kier molecular flexibility index (Phi) is 3.96. The van der Waals surface area contributed by atoms with E-state index >= 15 is 0 Å². The lowest BCUT2D eigenvalue weighted by Gasteiger charge is -2.16. The summed E-state index contributed by atoms with van der Waals surface area (Å²) in [7, 11) is 0. The zero-order valence-corrected chi connectivity index (χ0v) is 13.7. The van der Waals surface area contributed by atoms with Crippen LogP contribution < -0.4 is 4.90 Å². The number of anilines is 1. The maximum Gasteiger partial charge on any atom is 0.332 e. The molecule has 1 aliphatic heterocycles. The molecule has 7 heteroatoms. The minimum atomic E-state index is -0.374. The number of urea groups is 1. The topological polar surface area (TPSA) is 58.4 Å². The van der Waals surface area contributed by atoms with Crippen LogP contribution in [0.3, 0.4) is 0 Å². The van der Waals surface area contributed by atoms with E-state index in [1.165, 1.54) is 26.6 Å². The number of aromatic nitrogens is 2. The van der Waals surface area contributed by atoms with Gasteiger partial charge in [0.25, 0.3) is 5.91 Å². The summed E-state index contributed by atoms with van der Waals surface area (Å²) in [5.41, 5.74) is 1.80. The second kappa shape index (κ2) is 6.44. The third kappa shape index (κ3) is 2.95. The summed E-state index contributed by atoms with van der Waals surface area (Å²) in [6.45, 7) is 0.0801. The molecule has 1 fully saturated rings. The van der Waals surface area contributed by atoms with Crippen molar-refractivity contribution in [1.82, 2.24) is 14.7 Å². The molecule has 0 spiro atoms. The van der Waals surface area contributed by atoms with Gasteiger partial charge in [0.05, 0.1) is 17.9 Å². The highest BCUT2D eigenvalue weighted by Gasteiger charge is 2.37. The van der Waals surface area contributed by atoms with E-state index in [1.807, 2.05) is 18.2 Å². The summed E-state index contributed by atoms with van der Waals surface area (Å²) in [6, 6.07) is 16.4. The number of hydrogen-bond donors (Lipinski definition) is 0. The van der Waals surface area contributed by atoms with Gasteiger partial charge in [-0.25, -0.2) is 13.9 Å². The monoisotopic (exact) mass is 350 g/mol. The molecule has 2 aromatic carbocycles. The van der Waals surface area contributed by atoms with Gasteiger partial charge in [0.1, 0.15) is 12.4 Å². The van der Waals surface area contributed by atoms with Crippen molar-refractivity contribution in [2.75, 3.05) is 11.4 Å². The highest BCUT2D eigenvalue weighted by Crippen LogP contribution is 2.22. The number of halogens is 1. The van der Waals surface area contributed by atoms with Crippen molar-refractivity contribution in [3.8, 4) is 5.69 Å². The number of imide groups is 1. The average molecular weight is 350 g/mol. The van der Waals surface area contributed by atoms with E-state index in [1.54, 1.807) is 36.5 Å². The van der Waals surface area contributed by atoms with Crippen LogP contribution in [0.25, 0.3) is 5.69 Å². The quantitative estimate of drug-likeness (QED) is 0.680. The number of hydrogen-bond acceptors (Lipinski definition) is 3. The van der Waals surface area contributed by atoms with Crippen LogP contribution in [0.15, 0.2) is 66.9 Å². The summed E-state index contributed by atoms with van der Waals surface area (Å²) in [5, 5.41) is 4.34. The Hall–Kier alpha value is -3.48. The molecule has 0 saturated carbocycles. The Morgan fingerprint density at radius 3 is 2.50 bits per heavy atom. The fourth-order valence-electron chi connectivity index (χ4n) is 2.88. The number of nitrogens with zero attached hydrogens (tertiary/aromatic N) is 4. The van der Waals surface area contributed by atoms with Gasteiger partial charge in [-0.1, -0.05) is 24.3 Å². The number of rotatable bonds is 4. The highest BCUT2D eigenvalue weighted by atomic mass is 19.1. The molecule has 4 rings (SSSR count). The van der Waals surface area contributed by atoms with E-state index in [0.29, 0.717) is 17.1 Å². The second-order valence-electron chi connectivity index (χ2n) is 5.92. The molecule has 130 valence electrons. The van der Waals surface area contributed by atoms with E-state index in [4.69, 9.17) is 0 Å². The van der Waals surface area contributed by atoms with Crippen LogP contribution in [0.5, 0.6) is 0 Å². The van der Waals surface area contributed by atoms with E-state index in [9.17, 15) is 14.0 Å². The van der Waals surface area contributed by atoms with E-state index in [0.717, 1.165) is 0 Å². The van der Waals surface area contributed by atoms with Crippen molar-refractivity contribution in [2.24, 2.45) is 0 Å². The summed E-state index contributed by atoms with van der Waals surface area (Å²) < 4.78 is 14.9. The number of para-hydroxylation sites is 1. The molecular formula is C19H15FN4O2. The predicted octanol–water partition coefficient (Wildman–Crippen LogP) is 2.98. The number of amides is 3. The third-order valence-electron chi connectivity index (χ3n) is 4.16. The van der Waals surface area contributed by atoms with E-state index in [-0.39, 0.29) is 30.8 Å². The SMILES string of the molecule is O=C1CN(c2ccccc2)C(=O)N1Cc1ccn(-c2cccc(F)c2)n1. The first-order valence-corrected chi connectivity index (χ1v) is 8.09. The lowest BCUT2D eigenvalue weighted by Crippen LogP contribution is -2.32. The molecule has 2 heterocycles. The minimum Gasteiger partial charge on any atom is -0.285 e. The van der Waals surface area contributed by atoms with Crippen molar-refractivity contribution in [3.05, 3.63) is 78.4 Å². The fourth-order valence-corrected chi connectivity index (χ4v) is 2.88. The van der Waals surface area contributed by atoms with Gasteiger partial charge in [0.15, 0.2) is 0 Å². The van der Waals surface area contributed by atoms with Gasteiger partial charge in [0, 0.05) is 11.9 Å². The molecule has 0 unspecified atom stereocenters. The first-order chi connectivity index (χ1) is 12.6. The summed E-state index contributed by atoms with van der Waals surface area (Å²) >= 11 is 0. The lowest BCUT2D eigenvalue weighted by molar-refractivity contribution is -0.125. The van der Waals surface area contributed by atoms with Gasteiger partial charge in [-0.2, -0.15) is 5.10 Å². The first kappa shape index (κ1) is 16.0. The zero-order chi connectivity index (χ0) is 18.1. The molecule has 0 radical (unpaired) electrons. The molecule has 26 heavy (non-hydrogen) atoms. The maximum absolute atomic E-state index is 13.3. The van der Waals surface area contributed by atoms with Gasteiger partial charge in [-0.05, 0) is 36.4 Å². The first-order valence-electron chi connectivity index (χ1n) is 8.09. The molecule has 6 nitrogen and oxygen atoms in total. The van der Waals surface area contributed by atoms with Crippen LogP contribution in [-0.2, 0) is 11.3 Å². The van der Waals surface area contributed by atoms with Crippen LogP contribution in [0.1, 0.15) is 5.69 Å². The molecule has 1 saturated heterocycles. The van der Waals surface area contributed by atoms with Crippen LogP contribution in [0.4, 0.5) is 14.9 Å². The van der Waals surface area contributed by atoms with Crippen molar-refractivity contribution in [1.29, 1.82) is 0 Å². The van der Waals surface area contributed by atoms with E-state index in [2.05, 4.69) is 5.10 Å². The molecule has 0 bridgehead atoms. The Bertz CT molecular complexity index is 970. The average Bonchev–Trinajstić information content (AvgIpc) is 3.23. The predicted molar refractivity (Wildman–Crippen MR) is 93.3 cm³/mol. The summed E-state index contributed by atoms with van der Waals surface area (Å²) in [5.74, 6) is -0.637. The Balaban J connectivity index is 1.53. The molecule has 0 atom stereocenters. The number of carbonyl (C=O) groups excluding carboxylic acids is 2. The molecule has 1 aromatic heterocycles. The van der Waals surface area contributed by atoms with Crippen molar-refractivity contribution in [2.45, 2.75) is 6.54 Å². The van der Waals surface area contributed by atoms with Gasteiger partial charge < -0.3 is 0 Å². The normalized spacial score (nSPS) is 14.3. The van der Waals surface area contributed by atoms with Gasteiger partial charge in [-0.3, -0.25) is 14.6 Å². The minimum absolute atomic E-state index is 0.00739. The van der Waals surface area contributed by atoms with Crippen molar-refractivity contribution < 1.29 is 14.0 Å². The maximum atomic E-state index is 13.3. The smallest absolute Gasteiger partial charge is 0.285 e. The van der Waals surface area contributed by atoms with Gasteiger partial charge in [-0.15, -0.1) is 0 Å². The molecule has 1 aliphatic rings. The van der Waals surface area contributed by atoms with Crippen molar-refractivity contribution >= 4 is 17.6 Å². The van der Waals surface area contributed by atoms with E-state index < -0.39 is 0 Å². The fraction of sp³-hybridized carbons (Fsp3) is 0.105. The summed E-state index contributed by atoms with van der Waals surface area (Å²) in [4.78, 5) is 27.5. The second-order valence-corrected chi connectivity index (χ2v) is 5.92. The van der Waals surface area contributed by atoms with Crippen LogP contribution in [0, 0.1) is 5.82 Å². The molecule has 3 aromatic rings. The third-order valence-corrected chi connectivity index (χ3v) is 4.16. The Labute approximate surface area is 149 Å². The lowest BCUT2D eigenvalue weighted by atomic mass is 10.3. The largest absolute Gasteiger partial charge is 0.332 e. The zero-order valence-electron chi connectivity index (χ0n) is 13.7. The molecule has 0 aliphatic carbocycles. The van der Waals surface area contributed by atoms with Crippen LogP contribution in [-0.4, -0.2) is 33.2 Å². The van der Waals surface area contributed by atoms with Gasteiger partial charge >= 0.3 is 6.03 Å². The van der Waals surface area contributed by atoms with Crippen LogP contribution >= 0.6 is 0 Å². The Morgan fingerprint density at radius 1 is 0.962 bits per heavy atom. The van der Waals surface area contributed by atoms with Crippen molar-refractivity contribution in [3.63, 3.8) is 0 Å². The summed E-state index contributed by atoms with van der Waals surface area (Å²) in [6.07, 6.45) is 1.67. The highest BCUT2D eigenvalue weighted by molar-refractivity contribution is 6.12. The molecule has 0 N–H and O–H groups in total. The van der Waals surface area contributed by atoms with Gasteiger partial charge in [0.2, 0.25) is 0 Å². The number of carbonyl (C=O) groups is 2. The number of benzene rings is 2. The van der Waals surface area contributed by atoms with Crippen LogP contribution in [0.2, 0.25) is 0 Å². The molecule has 3 amide bonds. The standard InChI is InChI=1S/C19H15FN4O2/c20-14-5-4-8-17(11-14)24-10-9-15(21-24)12-23-18(25)13-22(19(23)26)16-6-2-1-3-7-16/h1-11H,12-13H2. The Morgan fingerprint density at radius 2 is 1.73 bits per heavy atom.